The zero-order chi connectivity index (χ0) is 15.8. The van der Waals surface area contributed by atoms with Crippen LogP contribution in [-0.4, -0.2) is 35.5 Å². The Labute approximate surface area is 139 Å². The number of carbonyl (C=O) groups is 1. The van der Waals surface area contributed by atoms with Gasteiger partial charge in [0.2, 0.25) is 0 Å². The summed E-state index contributed by atoms with van der Waals surface area (Å²) in [4.78, 5) is 17.5. The Balaban J connectivity index is 1.61. The van der Waals surface area contributed by atoms with Crippen LogP contribution in [0.3, 0.4) is 0 Å². The number of fused-ring (bicyclic) bond motifs is 1. The molecule has 5 nitrogen and oxygen atoms in total. The van der Waals surface area contributed by atoms with E-state index >= 15 is 0 Å². The number of aromatic nitrogens is 1. The van der Waals surface area contributed by atoms with Gasteiger partial charge in [-0.3, -0.25) is 4.79 Å². The van der Waals surface area contributed by atoms with Crippen molar-refractivity contribution in [2.24, 2.45) is 0 Å². The molecule has 1 saturated heterocycles. The molecule has 2 aromatic rings. The maximum absolute atomic E-state index is 12.7. The van der Waals surface area contributed by atoms with E-state index in [0.29, 0.717) is 23.9 Å². The van der Waals surface area contributed by atoms with Gasteiger partial charge in [-0.05, 0) is 36.6 Å². The van der Waals surface area contributed by atoms with Crippen LogP contribution in [0.4, 0.5) is 0 Å². The summed E-state index contributed by atoms with van der Waals surface area (Å²) in [6.45, 7) is 1.88. The lowest BCUT2D eigenvalue weighted by molar-refractivity contribution is 0.0730. The van der Waals surface area contributed by atoms with Crippen molar-refractivity contribution < 1.29 is 14.3 Å². The molecule has 1 amide bonds. The fourth-order valence-electron chi connectivity index (χ4n) is 3.27. The average molecular weight is 333 g/mol. The number of ether oxygens (including phenoxy) is 2. The van der Waals surface area contributed by atoms with E-state index in [4.69, 9.17) is 21.1 Å². The summed E-state index contributed by atoms with van der Waals surface area (Å²) in [5.74, 6) is 1.51. The summed E-state index contributed by atoms with van der Waals surface area (Å²) in [6.07, 6.45) is 3.56. The van der Waals surface area contributed by atoms with Crippen LogP contribution in [0.5, 0.6) is 11.5 Å². The van der Waals surface area contributed by atoms with Crippen molar-refractivity contribution in [3.8, 4) is 11.5 Å². The number of carbonyl (C=O) groups excluding carboxylic acids is 1. The predicted molar refractivity (Wildman–Crippen MR) is 86.2 cm³/mol. The fourth-order valence-corrected chi connectivity index (χ4v) is 3.43. The number of rotatable bonds is 2. The second-order valence-electron chi connectivity index (χ2n) is 5.79. The molecule has 1 unspecified atom stereocenters. The standard InChI is InChI=1S/C17H17ClN2O3/c18-12-9-13(19-10-12)17(21)20-5-1-2-14(20)11-3-4-15-16(8-11)23-7-6-22-15/h3-4,8-10,14,19H,1-2,5-7H2. The van der Waals surface area contributed by atoms with Gasteiger partial charge >= 0.3 is 0 Å². The summed E-state index contributed by atoms with van der Waals surface area (Å²) >= 11 is 5.91. The Morgan fingerprint density at radius 1 is 1.22 bits per heavy atom. The van der Waals surface area contributed by atoms with Gasteiger partial charge in [0, 0.05) is 12.7 Å². The topological polar surface area (TPSA) is 54.6 Å². The number of H-pyrrole nitrogens is 1. The molecule has 4 rings (SSSR count). The molecule has 2 aliphatic rings. The van der Waals surface area contributed by atoms with Crippen molar-refractivity contribution in [1.82, 2.24) is 9.88 Å². The Morgan fingerprint density at radius 2 is 2.04 bits per heavy atom. The van der Waals surface area contributed by atoms with Gasteiger partial charge in [0.15, 0.2) is 11.5 Å². The van der Waals surface area contributed by atoms with Crippen molar-refractivity contribution >= 4 is 17.5 Å². The minimum Gasteiger partial charge on any atom is -0.486 e. The summed E-state index contributed by atoms with van der Waals surface area (Å²) in [7, 11) is 0. The van der Waals surface area contributed by atoms with Crippen molar-refractivity contribution in [2.45, 2.75) is 18.9 Å². The Morgan fingerprint density at radius 3 is 2.83 bits per heavy atom. The Hall–Kier alpha value is -2.14. The molecule has 2 aliphatic heterocycles. The van der Waals surface area contributed by atoms with Crippen LogP contribution < -0.4 is 9.47 Å². The molecule has 1 aromatic carbocycles. The summed E-state index contributed by atoms with van der Waals surface area (Å²) in [5.41, 5.74) is 1.61. The lowest BCUT2D eigenvalue weighted by Crippen LogP contribution is -2.30. The summed E-state index contributed by atoms with van der Waals surface area (Å²) in [5, 5.41) is 0.545. The molecule has 1 fully saturated rings. The number of hydrogen-bond donors (Lipinski definition) is 1. The number of likely N-dealkylation sites (tertiary alicyclic amines) is 1. The molecule has 1 aromatic heterocycles. The largest absolute Gasteiger partial charge is 0.486 e. The molecule has 1 atom stereocenters. The van der Waals surface area contributed by atoms with Crippen molar-refractivity contribution in [2.75, 3.05) is 19.8 Å². The Kier molecular flexibility index (Phi) is 3.65. The molecular formula is C17H17ClN2O3. The van der Waals surface area contributed by atoms with E-state index in [2.05, 4.69) is 4.98 Å². The third-order valence-electron chi connectivity index (χ3n) is 4.34. The maximum atomic E-state index is 12.7. The van der Waals surface area contributed by atoms with E-state index in [0.717, 1.165) is 36.4 Å². The number of amides is 1. The highest BCUT2D eigenvalue weighted by Crippen LogP contribution is 2.38. The number of hydrogen-bond acceptors (Lipinski definition) is 3. The third-order valence-corrected chi connectivity index (χ3v) is 4.56. The Bertz CT molecular complexity index is 743. The lowest BCUT2D eigenvalue weighted by Gasteiger charge is -2.26. The summed E-state index contributed by atoms with van der Waals surface area (Å²) < 4.78 is 11.2. The van der Waals surface area contributed by atoms with E-state index < -0.39 is 0 Å². The minimum atomic E-state index is -0.0192. The van der Waals surface area contributed by atoms with E-state index in [9.17, 15) is 4.79 Å². The van der Waals surface area contributed by atoms with Crippen LogP contribution in [0.25, 0.3) is 0 Å². The van der Waals surface area contributed by atoms with E-state index in [1.807, 2.05) is 23.1 Å². The number of halogens is 1. The molecule has 120 valence electrons. The first-order valence-corrected chi connectivity index (χ1v) is 8.14. The molecule has 23 heavy (non-hydrogen) atoms. The zero-order valence-corrected chi connectivity index (χ0v) is 13.3. The predicted octanol–water partition coefficient (Wildman–Crippen LogP) is 3.42. The zero-order valence-electron chi connectivity index (χ0n) is 12.5. The van der Waals surface area contributed by atoms with E-state index in [-0.39, 0.29) is 11.9 Å². The molecule has 1 N–H and O–H groups in total. The molecule has 0 saturated carbocycles. The molecule has 0 aliphatic carbocycles. The highest BCUT2D eigenvalue weighted by atomic mass is 35.5. The second kappa shape index (κ2) is 5.81. The number of aromatic amines is 1. The first-order valence-electron chi connectivity index (χ1n) is 7.77. The van der Waals surface area contributed by atoms with E-state index in [1.54, 1.807) is 12.3 Å². The van der Waals surface area contributed by atoms with Crippen LogP contribution in [0.2, 0.25) is 5.02 Å². The quantitative estimate of drug-likeness (QED) is 0.916. The molecule has 0 bridgehead atoms. The fraction of sp³-hybridized carbons (Fsp3) is 0.353. The molecule has 0 spiro atoms. The highest BCUT2D eigenvalue weighted by Gasteiger charge is 2.32. The van der Waals surface area contributed by atoms with Crippen LogP contribution in [0.15, 0.2) is 30.5 Å². The number of nitrogens with one attached hydrogen (secondary N) is 1. The normalized spacial score (nSPS) is 19.9. The molecule has 3 heterocycles. The smallest absolute Gasteiger partial charge is 0.270 e. The highest BCUT2D eigenvalue weighted by molar-refractivity contribution is 6.30. The van der Waals surface area contributed by atoms with Crippen molar-refractivity contribution in [3.63, 3.8) is 0 Å². The van der Waals surface area contributed by atoms with Gasteiger partial charge in [0.1, 0.15) is 18.9 Å². The van der Waals surface area contributed by atoms with Gasteiger partial charge in [0.05, 0.1) is 11.1 Å². The lowest BCUT2D eigenvalue weighted by atomic mass is 10.0. The van der Waals surface area contributed by atoms with Gasteiger partial charge in [-0.2, -0.15) is 0 Å². The van der Waals surface area contributed by atoms with Crippen LogP contribution in [0, 0.1) is 0 Å². The van der Waals surface area contributed by atoms with Crippen LogP contribution in [0.1, 0.15) is 34.9 Å². The van der Waals surface area contributed by atoms with Gasteiger partial charge in [-0.1, -0.05) is 17.7 Å². The number of nitrogens with zero attached hydrogens (tertiary/aromatic N) is 1. The first-order chi connectivity index (χ1) is 11.2. The second-order valence-corrected chi connectivity index (χ2v) is 6.23. The summed E-state index contributed by atoms with van der Waals surface area (Å²) in [6, 6.07) is 7.66. The van der Waals surface area contributed by atoms with Crippen molar-refractivity contribution in [1.29, 1.82) is 0 Å². The molecular weight excluding hydrogens is 316 g/mol. The van der Waals surface area contributed by atoms with Gasteiger partial charge in [-0.15, -0.1) is 0 Å². The van der Waals surface area contributed by atoms with Crippen LogP contribution in [-0.2, 0) is 0 Å². The monoisotopic (exact) mass is 332 g/mol. The minimum absolute atomic E-state index is 0.0192. The molecule has 6 heteroatoms. The maximum Gasteiger partial charge on any atom is 0.270 e. The number of benzene rings is 1. The SMILES string of the molecule is O=C(c1cc(Cl)c[nH]1)N1CCCC1c1ccc2c(c1)OCCO2. The van der Waals surface area contributed by atoms with Gasteiger partial charge in [0.25, 0.3) is 5.91 Å². The van der Waals surface area contributed by atoms with Gasteiger partial charge in [-0.25, -0.2) is 0 Å². The third kappa shape index (κ3) is 2.65. The average Bonchev–Trinajstić information content (AvgIpc) is 3.23. The first kappa shape index (κ1) is 14.5. The van der Waals surface area contributed by atoms with Crippen LogP contribution >= 0.6 is 11.6 Å². The van der Waals surface area contributed by atoms with Gasteiger partial charge < -0.3 is 19.4 Å². The van der Waals surface area contributed by atoms with E-state index in [1.165, 1.54) is 0 Å². The van der Waals surface area contributed by atoms with Crippen molar-refractivity contribution in [3.05, 3.63) is 46.7 Å². The molecule has 0 radical (unpaired) electrons.